The first-order chi connectivity index (χ1) is 15.6. The second kappa shape index (κ2) is 10.5. The van der Waals surface area contributed by atoms with Gasteiger partial charge in [-0.15, -0.1) is 0 Å². The molecule has 4 rings (SSSR count). The molecule has 1 aromatic heterocycles. The fraction of sp³-hybridized carbons (Fsp3) is 0.385. The van der Waals surface area contributed by atoms with Gasteiger partial charge in [0.25, 0.3) is 5.89 Å². The standard InChI is InChI=1S/C26H31N3O3/c1-19-24(22-8-10-23(31-2)11-9-22)28-26(32-19)25(30)27-15-12-20-13-16-29(17-14-20)18-21-6-4-3-5-7-21/h3-11,20H,12-18H2,1-2H3,(H,27,30). The second-order valence-electron chi connectivity index (χ2n) is 8.40. The number of hydrogen-bond donors (Lipinski definition) is 1. The first kappa shape index (κ1) is 22.1. The predicted octanol–water partition coefficient (Wildman–Crippen LogP) is 4.69. The molecule has 1 aliphatic rings. The molecule has 0 saturated carbocycles. The number of amides is 1. The summed E-state index contributed by atoms with van der Waals surface area (Å²) in [5.74, 6) is 1.91. The van der Waals surface area contributed by atoms with E-state index in [9.17, 15) is 4.79 Å². The largest absolute Gasteiger partial charge is 0.497 e. The topological polar surface area (TPSA) is 67.6 Å². The number of likely N-dealkylation sites (tertiary alicyclic amines) is 1. The van der Waals surface area contributed by atoms with Crippen LogP contribution in [0.4, 0.5) is 0 Å². The van der Waals surface area contributed by atoms with Crippen molar-refractivity contribution < 1.29 is 13.9 Å². The quantitative estimate of drug-likeness (QED) is 0.558. The average molecular weight is 434 g/mol. The van der Waals surface area contributed by atoms with Gasteiger partial charge in [-0.25, -0.2) is 4.98 Å². The Hall–Kier alpha value is -3.12. The first-order valence-corrected chi connectivity index (χ1v) is 11.3. The van der Waals surface area contributed by atoms with Gasteiger partial charge in [-0.3, -0.25) is 9.69 Å². The number of aryl methyl sites for hydroxylation is 1. The number of carbonyl (C=O) groups excluding carboxylic acids is 1. The molecule has 2 heterocycles. The monoisotopic (exact) mass is 433 g/mol. The van der Waals surface area contributed by atoms with Crippen LogP contribution >= 0.6 is 0 Å². The van der Waals surface area contributed by atoms with Crippen molar-refractivity contribution in [2.24, 2.45) is 5.92 Å². The third-order valence-corrected chi connectivity index (χ3v) is 6.15. The summed E-state index contributed by atoms with van der Waals surface area (Å²) < 4.78 is 10.8. The Morgan fingerprint density at radius 3 is 2.53 bits per heavy atom. The molecule has 1 amide bonds. The Labute approximate surface area is 189 Å². The third-order valence-electron chi connectivity index (χ3n) is 6.15. The highest BCUT2D eigenvalue weighted by molar-refractivity contribution is 5.90. The lowest BCUT2D eigenvalue weighted by molar-refractivity contribution is 0.0912. The fourth-order valence-corrected chi connectivity index (χ4v) is 4.25. The number of benzene rings is 2. The molecule has 0 aliphatic carbocycles. The summed E-state index contributed by atoms with van der Waals surface area (Å²) >= 11 is 0. The van der Waals surface area contributed by atoms with Crippen LogP contribution in [0.1, 0.15) is 41.3 Å². The zero-order valence-corrected chi connectivity index (χ0v) is 18.8. The van der Waals surface area contributed by atoms with Gasteiger partial charge in [0.15, 0.2) is 0 Å². The molecule has 1 fully saturated rings. The molecular formula is C26H31N3O3. The summed E-state index contributed by atoms with van der Waals surface area (Å²) in [6.45, 7) is 5.70. The number of rotatable bonds is 8. The molecule has 0 spiro atoms. The van der Waals surface area contributed by atoms with Gasteiger partial charge in [-0.1, -0.05) is 30.3 Å². The maximum absolute atomic E-state index is 12.5. The number of oxazole rings is 1. The molecule has 1 aliphatic heterocycles. The van der Waals surface area contributed by atoms with Crippen LogP contribution in [-0.4, -0.2) is 42.5 Å². The average Bonchev–Trinajstić information content (AvgIpc) is 3.22. The van der Waals surface area contributed by atoms with Crippen molar-refractivity contribution in [3.63, 3.8) is 0 Å². The predicted molar refractivity (Wildman–Crippen MR) is 125 cm³/mol. The Morgan fingerprint density at radius 1 is 1.12 bits per heavy atom. The number of ether oxygens (including phenoxy) is 1. The molecule has 0 unspecified atom stereocenters. The van der Waals surface area contributed by atoms with Crippen LogP contribution in [0, 0.1) is 12.8 Å². The SMILES string of the molecule is COc1ccc(-c2nc(C(=O)NCCC3CCN(Cc4ccccc4)CC3)oc2C)cc1. The van der Waals surface area contributed by atoms with Gasteiger partial charge in [-0.2, -0.15) is 0 Å². The number of piperidine rings is 1. The third kappa shape index (κ3) is 5.56. The van der Waals surface area contributed by atoms with E-state index < -0.39 is 0 Å². The molecule has 32 heavy (non-hydrogen) atoms. The lowest BCUT2D eigenvalue weighted by Gasteiger charge is -2.32. The van der Waals surface area contributed by atoms with E-state index in [-0.39, 0.29) is 11.8 Å². The minimum absolute atomic E-state index is 0.117. The minimum atomic E-state index is -0.255. The van der Waals surface area contributed by atoms with E-state index in [0.29, 0.717) is 23.9 Å². The zero-order chi connectivity index (χ0) is 22.3. The van der Waals surface area contributed by atoms with Crippen molar-refractivity contribution in [2.45, 2.75) is 32.7 Å². The van der Waals surface area contributed by atoms with Gasteiger partial charge in [0.2, 0.25) is 0 Å². The number of aromatic nitrogens is 1. The summed E-state index contributed by atoms with van der Waals surface area (Å²) in [6, 6.07) is 18.2. The molecule has 6 nitrogen and oxygen atoms in total. The summed E-state index contributed by atoms with van der Waals surface area (Å²) in [4.78, 5) is 19.5. The van der Waals surface area contributed by atoms with Gasteiger partial charge < -0.3 is 14.5 Å². The smallest absolute Gasteiger partial charge is 0.307 e. The lowest BCUT2D eigenvalue weighted by atomic mass is 9.93. The van der Waals surface area contributed by atoms with Crippen LogP contribution in [-0.2, 0) is 6.54 Å². The molecule has 168 valence electrons. The van der Waals surface area contributed by atoms with Crippen LogP contribution < -0.4 is 10.1 Å². The normalized spacial score (nSPS) is 14.9. The van der Waals surface area contributed by atoms with Crippen LogP contribution in [0.2, 0.25) is 0 Å². The van der Waals surface area contributed by atoms with Crippen molar-refractivity contribution >= 4 is 5.91 Å². The molecule has 6 heteroatoms. The first-order valence-electron chi connectivity index (χ1n) is 11.3. The van der Waals surface area contributed by atoms with Gasteiger partial charge >= 0.3 is 5.91 Å². The van der Waals surface area contributed by atoms with Crippen LogP contribution in [0.5, 0.6) is 5.75 Å². The van der Waals surface area contributed by atoms with Crippen molar-refractivity contribution in [1.29, 1.82) is 0 Å². The Balaban J connectivity index is 1.22. The Morgan fingerprint density at radius 2 is 1.84 bits per heavy atom. The van der Waals surface area contributed by atoms with Gasteiger partial charge in [0.05, 0.1) is 7.11 Å². The highest BCUT2D eigenvalue weighted by atomic mass is 16.5. The van der Waals surface area contributed by atoms with Crippen LogP contribution in [0.15, 0.2) is 59.0 Å². The van der Waals surface area contributed by atoms with E-state index in [1.165, 1.54) is 18.4 Å². The maximum atomic E-state index is 12.5. The van der Waals surface area contributed by atoms with E-state index in [4.69, 9.17) is 9.15 Å². The maximum Gasteiger partial charge on any atom is 0.307 e. The van der Waals surface area contributed by atoms with Crippen LogP contribution in [0.3, 0.4) is 0 Å². The minimum Gasteiger partial charge on any atom is -0.497 e. The summed E-state index contributed by atoms with van der Waals surface area (Å²) in [6.07, 6.45) is 3.32. The number of nitrogens with one attached hydrogen (secondary N) is 1. The zero-order valence-electron chi connectivity index (χ0n) is 18.8. The van der Waals surface area contributed by atoms with Gasteiger partial charge in [0.1, 0.15) is 17.2 Å². The highest BCUT2D eigenvalue weighted by Gasteiger charge is 2.21. The van der Waals surface area contributed by atoms with Crippen molar-refractivity contribution in [2.75, 3.05) is 26.7 Å². The second-order valence-corrected chi connectivity index (χ2v) is 8.40. The molecule has 0 atom stereocenters. The number of carbonyl (C=O) groups is 1. The van der Waals surface area contributed by atoms with Gasteiger partial charge in [-0.05, 0) is 75.0 Å². The van der Waals surface area contributed by atoms with E-state index >= 15 is 0 Å². The molecule has 0 radical (unpaired) electrons. The van der Waals surface area contributed by atoms with Crippen molar-refractivity contribution in [3.05, 3.63) is 71.8 Å². The molecule has 3 aromatic rings. The number of methoxy groups -OCH3 is 1. The van der Waals surface area contributed by atoms with Gasteiger partial charge in [0, 0.05) is 18.7 Å². The van der Waals surface area contributed by atoms with Crippen LogP contribution in [0.25, 0.3) is 11.3 Å². The van der Waals surface area contributed by atoms with Crippen molar-refractivity contribution in [3.8, 4) is 17.0 Å². The molecule has 1 N–H and O–H groups in total. The lowest BCUT2D eigenvalue weighted by Crippen LogP contribution is -2.34. The Kier molecular flexibility index (Phi) is 7.22. The number of nitrogens with zero attached hydrogens (tertiary/aromatic N) is 2. The van der Waals surface area contributed by atoms with E-state index in [1.54, 1.807) is 7.11 Å². The summed E-state index contributed by atoms with van der Waals surface area (Å²) in [5.41, 5.74) is 2.95. The molecule has 2 aromatic carbocycles. The van der Waals surface area contributed by atoms with E-state index in [0.717, 1.165) is 37.4 Å². The van der Waals surface area contributed by atoms with Crippen molar-refractivity contribution in [1.82, 2.24) is 15.2 Å². The Bertz CT molecular complexity index is 1010. The summed E-state index contributed by atoms with van der Waals surface area (Å²) in [5, 5.41) is 2.98. The fourth-order valence-electron chi connectivity index (χ4n) is 4.25. The highest BCUT2D eigenvalue weighted by Crippen LogP contribution is 2.26. The van der Waals surface area contributed by atoms with E-state index in [1.807, 2.05) is 31.2 Å². The summed E-state index contributed by atoms with van der Waals surface area (Å²) in [7, 11) is 1.63. The number of hydrogen-bond acceptors (Lipinski definition) is 5. The molecule has 1 saturated heterocycles. The molecule has 0 bridgehead atoms. The van der Waals surface area contributed by atoms with E-state index in [2.05, 4.69) is 45.5 Å². The molecular weight excluding hydrogens is 402 g/mol.